The lowest BCUT2D eigenvalue weighted by Gasteiger charge is -2.13. The minimum Gasteiger partial charge on any atom is -0.370 e. The molecule has 2 aromatic carbocycles. The highest BCUT2D eigenvalue weighted by molar-refractivity contribution is 6.31. The first kappa shape index (κ1) is 29.3. The number of nitrogens with two attached hydrogens (primary N) is 3. The Kier molecular flexibility index (Phi) is 9.57. The molecule has 0 saturated heterocycles. The molecule has 4 aromatic rings. The van der Waals surface area contributed by atoms with Gasteiger partial charge in [-0.2, -0.15) is 4.98 Å². The Morgan fingerprint density at radius 1 is 1.15 bits per heavy atom. The number of aromatic amines is 1. The fraction of sp³-hybridized carbons (Fsp3) is 0.345. The van der Waals surface area contributed by atoms with Gasteiger partial charge in [0.2, 0.25) is 0 Å². The molecule has 0 radical (unpaired) electrons. The monoisotopic (exact) mass is 566 g/mol. The number of aryl methyl sites for hydroxylation is 1. The van der Waals surface area contributed by atoms with Gasteiger partial charge in [-0.05, 0) is 81.0 Å². The molecule has 0 fully saturated rings. The largest absolute Gasteiger partial charge is 0.370 e. The normalized spacial score (nSPS) is 12.9. The van der Waals surface area contributed by atoms with E-state index in [4.69, 9.17) is 28.8 Å². The maximum absolute atomic E-state index is 15.0. The number of benzene rings is 2. The Morgan fingerprint density at radius 2 is 1.90 bits per heavy atom. The fourth-order valence-corrected chi connectivity index (χ4v) is 4.74. The summed E-state index contributed by atoms with van der Waals surface area (Å²) in [5.74, 6) is -0.426. The SMILES string of the molecule is C[C@H](N)CCCc1cc(Cl)c(F)c(-c2cc3cn(-c4ccc(CN[C@@H](C)CCN=C(N)N)cc4)c(=O)nc3[nH]2)c1. The quantitative estimate of drug-likeness (QED) is 0.129. The van der Waals surface area contributed by atoms with Crippen LogP contribution < -0.4 is 28.2 Å². The van der Waals surface area contributed by atoms with E-state index < -0.39 is 11.5 Å². The zero-order valence-electron chi connectivity index (χ0n) is 22.8. The Morgan fingerprint density at radius 3 is 2.60 bits per heavy atom. The van der Waals surface area contributed by atoms with E-state index in [1.807, 2.05) is 31.2 Å². The summed E-state index contributed by atoms with van der Waals surface area (Å²) in [7, 11) is 0. The number of aliphatic imine (C=N–C) groups is 1. The molecule has 8 N–H and O–H groups in total. The number of nitrogens with zero attached hydrogens (tertiary/aromatic N) is 3. The Bertz CT molecular complexity index is 1540. The van der Waals surface area contributed by atoms with Gasteiger partial charge in [0.1, 0.15) is 5.65 Å². The number of halogens is 2. The average Bonchev–Trinajstić information content (AvgIpc) is 3.31. The molecule has 2 aromatic heterocycles. The summed E-state index contributed by atoms with van der Waals surface area (Å²) in [6.45, 7) is 5.26. The zero-order chi connectivity index (χ0) is 28.8. The smallest absolute Gasteiger partial charge is 0.354 e. The van der Waals surface area contributed by atoms with Crippen LogP contribution in [0.4, 0.5) is 4.39 Å². The summed E-state index contributed by atoms with van der Waals surface area (Å²) in [5, 5.41) is 4.16. The van der Waals surface area contributed by atoms with E-state index in [9.17, 15) is 4.79 Å². The number of hydrogen-bond acceptors (Lipinski definition) is 5. The first-order chi connectivity index (χ1) is 19.1. The molecule has 0 bridgehead atoms. The van der Waals surface area contributed by atoms with Crippen LogP contribution in [0.25, 0.3) is 28.0 Å². The van der Waals surface area contributed by atoms with Crippen LogP contribution in [-0.2, 0) is 13.0 Å². The molecule has 2 heterocycles. The van der Waals surface area contributed by atoms with Crippen LogP contribution in [0, 0.1) is 5.82 Å². The number of fused-ring (bicyclic) bond motifs is 1. The topological polar surface area (TPSA) is 153 Å². The fourth-order valence-electron chi connectivity index (χ4n) is 4.49. The Hall–Kier alpha value is -3.73. The molecule has 9 nitrogen and oxygen atoms in total. The third kappa shape index (κ3) is 7.47. The number of rotatable bonds is 12. The molecule has 11 heteroatoms. The summed E-state index contributed by atoms with van der Waals surface area (Å²) >= 11 is 6.22. The summed E-state index contributed by atoms with van der Waals surface area (Å²) in [4.78, 5) is 24.2. The van der Waals surface area contributed by atoms with Crippen molar-refractivity contribution in [2.24, 2.45) is 22.2 Å². The maximum atomic E-state index is 15.0. The summed E-state index contributed by atoms with van der Waals surface area (Å²) < 4.78 is 16.5. The molecular formula is C29H36ClFN8O. The number of nitrogens with one attached hydrogen (secondary N) is 2. The third-order valence-electron chi connectivity index (χ3n) is 6.74. The van der Waals surface area contributed by atoms with E-state index in [1.54, 1.807) is 24.4 Å². The van der Waals surface area contributed by atoms with Crippen molar-refractivity contribution >= 4 is 28.6 Å². The lowest BCUT2D eigenvalue weighted by atomic mass is 10.0. The van der Waals surface area contributed by atoms with Gasteiger partial charge in [-0.3, -0.25) is 9.56 Å². The van der Waals surface area contributed by atoms with E-state index in [0.717, 1.165) is 36.8 Å². The van der Waals surface area contributed by atoms with Crippen molar-refractivity contribution in [2.75, 3.05) is 6.54 Å². The van der Waals surface area contributed by atoms with Gasteiger partial charge in [-0.15, -0.1) is 0 Å². The highest BCUT2D eigenvalue weighted by Crippen LogP contribution is 2.31. The second-order valence-electron chi connectivity index (χ2n) is 10.2. The Balaban J connectivity index is 1.52. The molecule has 212 valence electrons. The molecular weight excluding hydrogens is 531 g/mol. The lowest BCUT2D eigenvalue weighted by Crippen LogP contribution is -2.27. The van der Waals surface area contributed by atoms with E-state index in [1.165, 1.54) is 4.57 Å². The predicted molar refractivity (Wildman–Crippen MR) is 160 cm³/mol. The number of H-pyrrole nitrogens is 1. The van der Waals surface area contributed by atoms with E-state index >= 15 is 4.39 Å². The van der Waals surface area contributed by atoms with Crippen LogP contribution in [0.5, 0.6) is 0 Å². The van der Waals surface area contributed by atoms with Crippen LogP contribution >= 0.6 is 11.6 Å². The van der Waals surface area contributed by atoms with Gasteiger partial charge in [0.25, 0.3) is 0 Å². The standard InChI is InChI=1S/C29H36ClFN8O/c1-17(32)4-3-5-20-12-23(26(31)24(30)13-20)25-14-21-16-39(29(40)38-27(21)37-25)22-8-6-19(7-9-22)15-36-18(2)10-11-35-28(33)34/h6-9,12-14,16-18,36H,3-5,10-11,15,32H2,1-2H3,(H4,33,34,35)(H,37,38,40)/t17-,18-/m0/s1. The van der Waals surface area contributed by atoms with E-state index in [2.05, 4.69) is 27.2 Å². The molecule has 0 aliphatic heterocycles. The minimum atomic E-state index is -0.519. The number of aromatic nitrogens is 3. The highest BCUT2D eigenvalue weighted by Gasteiger charge is 2.15. The number of guanidine groups is 1. The second-order valence-corrected chi connectivity index (χ2v) is 10.6. The van der Waals surface area contributed by atoms with Crippen molar-refractivity contribution in [2.45, 2.75) is 58.2 Å². The van der Waals surface area contributed by atoms with Crippen molar-refractivity contribution in [3.63, 3.8) is 0 Å². The van der Waals surface area contributed by atoms with Crippen LogP contribution in [0.2, 0.25) is 5.02 Å². The van der Waals surface area contributed by atoms with Gasteiger partial charge >= 0.3 is 5.69 Å². The molecule has 2 atom stereocenters. The van der Waals surface area contributed by atoms with Crippen molar-refractivity contribution < 1.29 is 4.39 Å². The van der Waals surface area contributed by atoms with Gasteiger partial charge in [0, 0.05) is 42.3 Å². The van der Waals surface area contributed by atoms with Crippen LogP contribution in [-0.4, -0.2) is 39.1 Å². The lowest BCUT2D eigenvalue weighted by molar-refractivity contribution is 0.520. The first-order valence-corrected chi connectivity index (χ1v) is 13.7. The van der Waals surface area contributed by atoms with Gasteiger partial charge in [-0.25, -0.2) is 9.18 Å². The summed E-state index contributed by atoms with van der Waals surface area (Å²) in [6, 6.07) is 13.2. The van der Waals surface area contributed by atoms with Gasteiger partial charge in [0.15, 0.2) is 11.8 Å². The van der Waals surface area contributed by atoms with Crippen molar-refractivity contribution in [3.8, 4) is 16.9 Å². The molecule has 0 aliphatic carbocycles. The summed E-state index contributed by atoms with van der Waals surface area (Å²) in [5.41, 5.74) is 20.0. The van der Waals surface area contributed by atoms with E-state index in [0.29, 0.717) is 41.1 Å². The van der Waals surface area contributed by atoms with Gasteiger partial charge in [-0.1, -0.05) is 23.7 Å². The van der Waals surface area contributed by atoms with Gasteiger partial charge < -0.3 is 27.5 Å². The third-order valence-corrected chi connectivity index (χ3v) is 7.01. The predicted octanol–water partition coefficient (Wildman–Crippen LogP) is 3.98. The van der Waals surface area contributed by atoms with Crippen LogP contribution in [0.15, 0.2) is 58.4 Å². The minimum absolute atomic E-state index is 0.0530. The second kappa shape index (κ2) is 13.1. The molecule has 40 heavy (non-hydrogen) atoms. The molecule has 0 amide bonds. The number of hydrogen-bond donors (Lipinski definition) is 5. The van der Waals surface area contributed by atoms with E-state index in [-0.39, 0.29) is 23.1 Å². The van der Waals surface area contributed by atoms with Crippen LogP contribution in [0.1, 0.15) is 44.2 Å². The molecule has 0 spiro atoms. The van der Waals surface area contributed by atoms with Crippen molar-refractivity contribution in [3.05, 3.63) is 81.1 Å². The van der Waals surface area contributed by atoms with Crippen LogP contribution in [0.3, 0.4) is 0 Å². The first-order valence-electron chi connectivity index (χ1n) is 13.3. The maximum Gasteiger partial charge on any atom is 0.354 e. The van der Waals surface area contributed by atoms with Crippen molar-refractivity contribution in [1.29, 1.82) is 0 Å². The van der Waals surface area contributed by atoms with Gasteiger partial charge in [0.05, 0.1) is 16.4 Å². The average molecular weight is 567 g/mol. The molecule has 4 rings (SSSR count). The Labute approximate surface area is 237 Å². The molecule has 0 aliphatic rings. The molecule has 0 saturated carbocycles. The molecule has 0 unspecified atom stereocenters. The highest BCUT2D eigenvalue weighted by atomic mass is 35.5. The zero-order valence-corrected chi connectivity index (χ0v) is 23.5. The van der Waals surface area contributed by atoms with Crippen molar-refractivity contribution in [1.82, 2.24) is 19.9 Å². The summed E-state index contributed by atoms with van der Waals surface area (Å²) in [6.07, 6.45) is 4.99.